The van der Waals surface area contributed by atoms with Crippen LogP contribution in [-0.2, 0) is 9.59 Å². The van der Waals surface area contributed by atoms with E-state index in [9.17, 15) is 14.4 Å². The molecule has 0 radical (unpaired) electrons. The predicted molar refractivity (Wildman–Crippen MR) is 139 cm³/mol. The standard InChI is InChI=1S/C29H31N3O4/c1-5-7-12-23(21-13-15-22(16-14-21)28(35)30-18-17-25(33)34)32-24(9-6-2)31-27(29(32)36)26-19(3)10-8-11-20(26)4/h8,10-11,13-16,23H,2,5,7,12,17-18H2,1,3-4H3,(H,30,35)(H,33,34)/t23-/m1/s1. The first-order chi connectivity index (χ1) is 17.3. The first-order valence-corrected chi connectivity index (χ1v) is 12.0. The molecule has 0 fully saturated rings. The van der Waals surface area contributed by atoms with Crippen LogP contribution in [-0.4, -0.2) is 40.0 Å². The quantitative estimate of drug-likeness (QED) is 0.470. The van der Waals surface area contributed by atoms with E-state index in [4.69, 9.17) is 5.11 Å². The first-order valence-electron chi connectivity index (χ1n) is 12.0. The summed E-state index contributed by atoms with van der Waals surface area (Å²) in [6.45, 7) is 9.70. The minimum absolute atomic E-state index is 0.0534. The van der Waals surface area contributed by atoms with E-state index in [-0.39, 0.29) is 30.8 Å². The lowest BCUT2D eigenvalue weighted by Gasteiger charge is -2.28. The van der Waals surface area contributed by atoms with Crippen molar-refractivity contribution in [1.29, 1.82) is 0 Å². The number of aliphatic imine (C=N–C) groups is 1. The van der Waals surface area contributed by atoms with Gasteiger partial charge in [0.2, 0.25) is 0 Å². The van der Waals surface area contributed by atoms with Gasteiger partial charge in [-0.05, 0) is 61.4 Å². The van der Waals surface area contributed by atoms with Crippen LogP contribution in [0.25, 0.3) is 0 Å². The highest BCUT2D eigenvalue weighted by molar-refractivity contribution is 6.47. The summed E-state index contributed by atoms with van der Waals surface area (Å²) in [6.07, 6.45) is 2.39. The summed E-state index contributed by atoms with van der Waals surface area (Å²) in [5, 5.41) is 11.4. The van der Waals surface area contributed by atoms with Gasteiger partial charge in [-0.3, -0.25) is 19.3 Å². The summed E-state index contributed by atoms with van der Waals surface area (Å²) in [5.41, 5.74) is 9.96. The highest BCUT2D eigenvalue weighted by Crippen LogP contribution is 2.35. The van der Waals surface area contributed by atoms with Crippen LogP contribution < -0.4 is 5.32 Å². The summed E-state index contributed by atoms with van der Waals surface area (Å²) in [6, 6.07) is 12.6. The second-order valence-electron chi connectivity index (χ2n) is 8.71. The van der Waals surface area contributed by atoms with Gasteiger partial charge >= 0.3 is 5.97 Å². The monoisotopic (exact) mass is 485 g/mol. The molecule has 0 saturated heterocycles. The molecule has 7 nitrogen and oxygen atoms in total. The summed E-state index contributed by atoms with van der Waals surface area (Å²) in [7, 11) is 0. The average Bonchev–Trinajstić information content (AvgIpc) is 3.15. The van der Waals surface area contributed by atoms with Crippen LogP contribution in [0.15, 0.2) is 71.3 Å². The molecule has 0 bridgehead atoms. The molecule has 2 N–H and O–H groups in total. The lowest BCUT2D eigenvalue weighted by molar-refractivity contribution is -0.136. The molecule has 0 aliphatic carbocycles. The van der Waals surface area contributed by atoms with Crippen LogP contribution in [0, 0.1) is 13.8 Å². The molecule has 3 rings (SSSR count). The number of aryl methyl sites for hydroxylation is 2. The van der Waals surface area contributed by atoms with Crippen LogP contribution in [0.3, 0.4) is 0 Å². The number of amides is 2. The van der Waals surface area contributed by atoms with Gasteiger partial charge < -0.3 is 10.4 Å². The van der Waals surface area contributed by atoms with Crippen molar-refractivity contribution < 1.29 is 19.5 Å². The highest BCUT2D eigenvalue weighted by Gasteiger charge is 2.38. The van der Waals surface area contributed by atoms with Crippen molar-refractivity contribution in [2.75, 3.05) is 6.54 Å². The second-order valence-corrected chi connectivity index (χ2v) is 8.71. The van der Waals surface area contributed by atoms with E-state index in [1.807, 2.05) is 44.2 Å². The van der Waals surface area contributed by atoms with E-state index in [1.165, 1.54) is 0 Å². The van der Waals surface area contributed by atoms with Gasteiger partial charge in [0, 0.05) is 17.7 Å². The molecule has 0 saturated carbocycles. The number of hydrogen-bond donors (Lipinski definition) is 2. The van der Waals surface area contributed by atoms with E-state index in [1.54, 1.807) is 17.0 Å². The number of nitrogens with one attached hydrogen (secondary N) is 1. The molecule has 1 aliphatic heterocycles. The lowest BCUT2D eigenvalue weighted by Crippen LogP contribution is -2.34. The van der Waals surface area contributed by atoms with Gasteiger partial charge in [0.25, 0.3) is 11.8 Å². The van der Waals surface area contributed by atoms with Crippen molar-refractivity contribution in [2.24, 2.45) is 4.99 Å². The Morgan fingerprint density at radius 1 is 1.14 bits per heavy atom. The number of hydrogen-bond acceptors (Lipinski definition) is 4. The zero-order chi connectivity index (χ0) is 26.2. The van der Waals surface area contributed by atoms with Crippen LogP contribution in [0.1, 0.15) is 71.3 Å². The zero-order valence-corrected chi connectivity index (χ0v) is 20.9. The highest BCUT2D eigenvalue weighted by atomic mass is 16.4. The summed E-state index contributed by atoms with van der Waals surface area (Å²) < 4.78 is 0. The maximum atomic E-state index is 13.8. The normalized spacial score (nSPS) is 13.6. The molecule has 2 amide bonds. The topological polar surface area (TPSA) is 99.1 Å². The van der Waals surface area contributed by atoms with Crippen molar-refractivity contribution in [3.05, 3.63) is 94.1 Å². The largest absolute Gasteiger partial charge is 0.481 e. The van der Waals surface area contributed by atoms with Crippen LogP contribution in [0.5, 0.6) is 0 Å². The fourth-order valence-corrected chi connectivity index (χ4v) is 4.31. The number of unbranched alkanes of at least 4 members (excludes halogenated alkanes) is 1. The number of aliphatic carboxylic acids is 1. The van der Waals surface area contributed by atoms with Crippen LogP contribution in [0.2, 0.25) is 0 Å². The maximum absolute atomic E-state index is 13.8. The van der Waals surface area contributed by atoms with Crippen molar-refractivity contribution in [2.45, 2.75) is 52.5 Å². The Balaban J connectivity index is 1.95. The molecule has 0 spiro atoms. The van der Waals surface area contributed by atoms with Gasteiger partial charge in [0.1, 0.15) is 5.71 Å². The average molecular weight is 486 g/mol. The Hall–Kier alpha value is -4.18. The molecule has 0 aromatic heterocycles. The van der Waals surface area contributed by atoms with E-state index in [0.29, 0.717) is 23.5 Å². The van der Waals surface area contributed by atoms with Gasteiger partial charge in [-0.25, -0.2) is 4.99 Å². The Bertz CT molecular complexity index is 1260. The number of carboxylic acids is 1. The van der Waals surface area contributed by atoms with E-state index in [0.717, 1.165) is 35.1 Å². The van der Waals surface area contributed by atoms with Gasteiger partial charge in [-0.1, -0.05) is 55.8 Å². The Kier molecular flexibility index (Phi) is 8.80. The fourth-order valence-electron chi connectivity index (χ4n) is 4.31. The minimum atomic E-state index is -0.973. The van der Waals surface area contributed by atoms with Gasteiger partial charge in [0.05, 0.1) is 12.5 Å². The Morgan fingerprint density at radius 2 is 1.81 bits per heavy atom. The van der Waals surface area contributed by atoms with Crippen molar-refractivity contribution in [3.63, 3.8) is 0 Å². The Morgan fingerprint density at radius 3 is 2.39 bits per heavy atom. The van der Waals surface area contributed by atoms with Gasteiger partial charge in [-0.15, -0.1) is 0 Å². The fraction of sp³-hybridized carbons (Fsp3) is 0.310. The SMILES string of the molecule is C=C=C=C1N=C(c2c(C)cccc2C)C(=O)N1[C@H](CCCC)c1ccc(C(=O)NCCC(=O)O)cc1. The number of nitrogens with zero attached hydrogens (tertiary/aromatic N) is 2. The molecule has 0 unspecified atom stereocenters. The molecule has 2 aromatic rings. The summed E-state index contributed by atoms with van der Waals surface area (Å²) >= 11 is 0. The van der Waals surface area contributed by atoms with Gasteiger partial charge in [-0.2, -0.15) is 0 Å². The molecular formula is C29H31N3O4. The molecule has 1 aliphatic rings. The molecule has 186 valence electrons. The van der Waals surface area contributed by atoms with E-state index < -0.39 is 5.97 Å². The van der Waals surface area contributed by atoms with Crippen LogP contribution in [0.4, 0.5) is 0 Å². The zero-order valence-electron chi connectivity index (χ0n) is 20.9. The molecule has 7 heteroatoms. The number of carboxylic acid groups (broad SMARTS) is 1. The van der Waals surface area contributed by atoms with Crippen molar-refractivity contribution in [1.82, 2.24) is 10.2 Å². The smallest absolute Gasteiger partial charge is 0.305 e. The predicted octanol–water partition coefficient (Wildman–Crippen LogP) is 4.85. The van der Waals surface area contributed by atoms with E-state index >= 15 is 0 Å². The summed E-state index contributed by atoms with van der Waals surface area (Å²) in [5.74, 6) is -1.16. The third kappa shape index (κ3) is 5.89. The molecule has 1 heterocycles. The van der Waals surface area contributed by atoms with Gasteiger partial charge in [0.15, 0.2) is 5.82 Å². The Labute approximate surface area is 211 Å². The maximum Gasteiger partial charge on any atom is 0.305 e. The number of rotatable bonds is 10. The first kappa shape index (κ1) is 26.4. The van der Waals surface area contributed by atoms with Crippen LogP contribution >= 0.6 is 0 Å². The number of benzene rings is 2. The third-order valence-corrected chi connectivity index (χ3v) is 6.11. The molecule has 2 aromatic carbocycles. The molecule has 1 atom stereocenters. The van der Waals surface area contributed by atoms with Crippen molar-refractivity contribution in [3.8, 4) is 0 Å². The van der Waals surface area contributed by atoms with E-state index in [2.05, 4.69) is 35.3 Å². The second kappa shape index (κ2) is 12.0. The molecule has 36 heavy (non-hydrogen) atoms. The third-order valence-electron chi connectivity index (χ3n) is 6.11. The number of carbonyl (C=O) groups excluding carboxylic acids is 2. The van der Waals surface area contributed by atoms with Crippen molar-refractivity contribution >= 4 is 23.5 Å². The minimum Gasteiger partial charge on any atom is -0.481 e. The number of carbonyl (C=O) groups is 3. The molecular weight excluding hydrogens is 454 g/mol. The summed E-state index contributed by atoms with van der Waals surface area (Å²) in [4.78, 5) is 43.2. The lowest BCUT2D eigenvalue weighted by atomic mass is 9.95.